The van der Waals surface area contributed by atoms with E-state index >= 15 is 0 Å². The van der Waals surface area contributed by atoms with Gasteiger partial charge in [-0.2, -0.15) is 0 Å². The summed E-state index contributed by atoms with van der Waals surface area (Å²) in [6.07, 6.45) is 0.646. The third-order valence-electron chi connectivity index (χ3n) is 3.46. The van der Waals surface area contributed by atoms with Crippen molar-refractivity contribution in [2.45, 2.75) is 20.3 Å². The molecule has 104 valence electrons. The summed E-state index contributed by atoms with van der Waals surface area (Å²) < 4.78 is 15.6. The number of benzene rings is 1. The molecule has 1 aromatic rings. The van der Waals surface area contributed by atoms with Gasteiger partial charge in [0.15, 0.2) is 0 Å². The fraction of sp³-hybridized carbons (Fsp3) is 0.533. The fourth-order valence-electron chi connectivity index (χ4n) is 2.39. The van der Waals surface area contributed by atoms with E-state index < -0.39 is 5.41 Å². The van der Waals surface area contributed by atoms with Gasteiger partial charge in [-0.1, -0.05) is 12.1 Å². The van der Waals surface area contributed by atoms with Crippen LogP contribution in [0, 0.1) is 12.3 Å². The summed E-state index contributed by atoms with van der Waals surface area (Å²) in [7, 11) is 1.42. The third kappa shape index (κ3) is 2.73. The van der Waals surface area contributed by atoms with Crippen molar-refractivity contribution in [1.29, 1.82) is 0 Å². The average molecular weight is 264 g/mol. The van der Waals surface area contributed by atoms with Crippen LogP contribution in [0.1, 0.15) is 18.1 Å². The Labute approximate surface area is 113 Å². The van der Waals surface area contributed by atoms with Gasteiger partial charge in [-0.15, -0.1) is 0 Å². The second-order valence-electron chi connectivity index (χ2n) is 4.97. The molecule has 0 N–H and O–H groups in total. The molecule has 1 aliphatic rings. The SMILES string of the molecule is CCOc1ccc(CC2(C(=O)OC)COC2)cc1C. The van der Waals surface area contributed by atoms with E-state index in [1.807, 2.05) is 26.0 Å². The molecule has 1 heterocycles. The molecule has 0 aliphatic carbocycles. The van der Waals surface area contributed by atoms with Crippen LogP contribution >= 0.6 is 0 Å². The first-order valence-corrected chi connectivity index (χ1v) is 6.50. The summed E-state index contributed by atoms with van der Waals surface area (Å²) >= 11 is 0. The number of hydrogen-bond acceptors (Lipinski definition) is 4. The second kappa shape index (κ2) is 5.61. The molecule has 1 fully saturated rings. The van der Waals surface area contributed by atoms with Crippen molar-refractivity contribution in [2.75, 3.05) is 26.9 Å². The second-order valence-corrected chi connectivity index (χ2v) is 4.97. The molecule has 1 aromatic carbocycles. The van der Waals surface area contributed by atoms with Crippen LogP contribution in [0.25, 0.3) is 0 Å². The highest BCUT2D eigenvalue weighted by Gasteiger charge is 2.47. The van der Waals surface area contributed by atoms with Gasteiger partial charge < -0.3 is 14.2 Å². The molecule has 4 heteroatoms. The lowest BCUT2D eigenvalue weighted by Gasteiger charge is -2.38. The minimum absolute atomic E-state index is 0.190. The van der Waals surface area contributed by atoms with E-state index in [0.717, 1.165) is 16.9 Å². The largest absolute Gasteiger partial charge is 0.494 e. The van der Waals surface area contributed by atoms with Crippen molar-refractivity contribution >= 4 is 5.97 Å². The quantitative estimate of drug-likeness (QED) is 0.764. The molecule has 0 spiro atoms. The summed E-state index contributed by atoms with van der Waals surface area (Å²) in [4.78, 5) is 11.8. The van der Waals surface area contributed by atoms with E-state index in [-0.39, 0.29) is 5.97 Å². The standard InChI is InChI=1S/C15H20O4/c1-4-19-13-6-5-12(7-11(13)2)8-15(9-18-10-15)14(16)17-3/h5-7H,4,8-10H2,1-3H3. The van der Waals surface area contributed by atoms with Gasteiger partial charge in [0.05, 0.1) is 26.9 Å². The van der Waals surface area contributed by atoms with E-state index in [0.29, 0.717) is 26.2 Å². The van der Waals surface area contributed by atoms with Crippen molar-refractivity contribution in [2.24, 2.45) is 5.41 Å². The van der Waals surface area contributed by atoms with Crippen molar-refractivity contribution in [3.8, 4) is 5.75 Å². The van der Waals surface area contributed by atoms with Gasteiger partial charge >= 0.3 is 5.97 Å². The van der Waals surface area contributed by atoms with Gasteiger partial charge in [-0.05, 0) is 37.5 Å². The molecular formula is C15H20O4. The van der Waals surface area contributed by atoms with Gasteiger partial charge in [0.2, 0.25) is 0 Å². The lowest BCUT2D eigenvalue weighted by molar-refractivity contribution is -0.182. The molecule has 0 saturated carbocycles. The van der Waals surface area contributed by atoms with E-state index in [1.54, 1.807) is 0 Å². The topological polar surface area (TPSA) is 44.8 Å². The number of hydrogen-bond donors (Lipinski definition) is 0. The predicted octanol–water partition coefficient (Wildman–Crippen LogP) is 2.13. The van der Waals surface area contributed by atoms with E-state index in [2.05, 4.69) is 6.07 Å². The Bertz CT molecular complexity index is 463. The van der Waals surface area contributed by atoms with Crippen LogP contribution in [-0.2, 0) is 20.7 Å². The first-order chi connectivity index (χ1) is 9.11. The Hall–Kier alpha value is -1.55. The third-order valence-corrected chi connectivity index (χ3v) is 3.46. The average Bonchev–Trinajstić information content (AvgIpc) is 2.36. The van der Waals surface area contributed by atoms with Crippen LogP contribution in [0.2, 0.25) is 0 Å². The summed E-state index contributed by atoms with van der Waals surface area (Å²) in [5.74, 6) is 0.702. The highest BCUT2D eigenvalue weighted by molar-refractivity contribution is 5.78. The maximum absolute atomic E-state index is 11.8. The Morgan fingerprint density at radius 1 is 1.42 bits per heavy atom. The number of aryl methyl sites for hydroxylation is 1. The lowest BCUT2D eigenvalue weighted by atomic mass is 9.79. The van der Waals surface area contributed by atoms with E-state index in [9.17, 15) is 4.79 Å². The van der Waals surface area contributed by atoms with Gasteiger partial charge in [-0.25, -0.2) is 0 Å². The predicted molar refractivity (Wildman–Crippen MR) is 71.3 cm³/mol. The normalized spacial score (nSPS) is 16.6. The first kappa shape index (κ1) is 13.9. The Morgan fingerprint density at radius 2 is 2.16 bits per heavy atom. The molecular weight excluding hydrogens is 244 g/mol. The summed E-state index contributed by atoms with van der Waals surface area (Å²) in [5, 5.41) is 0. The number of ether oxygens (including phenoxy) is 3. The Kier molecular flexibility index (Phi) is 4.10. The van der Waals surface area contributed by atoms with Crippen LogP contribution in [0.3, 0.4) is 0 Å². The summed E-state index contributed by atoms with van der Waals surface area (Å²) in [5.41, 5.74) is 1.68. The zero-order valence-electron chi connectivity index (χ0n) is 11.7. The molecule has 2 rings (SSSR count). The van der Waals surface area contributed by atoms with Crippen LogP contribution in [-0.4, -0.2) is 32.9 Å². The minimum Gasteiger partial charge on any atom is -0.494 e. The number of carbonyl (C=O) groups is 1. The molecule has 1 aliphatic heterocycles. The Balaban J connectivity index is 2.14. The molecule has 0 amide bonds. The summed E-state index contributed by atoms with van der Waals surface area (Å²) in [6, 6.07) is 6.02. The number of rotatable bonds is 5. The zero-order valence-corrected chi connectivity index (χ0v) is 11.7. The van der Waals surface area contributed by atoms with E-state index in [1.165, 1.54) is 7.11 Å². The molecule has 0 bridgehead atoms. The zero-order chi connectivity index (χ0) is 13.9. The first-order valence-electron chi connectivity index (χ1n) is 6.50. The molecule has 0 atom stereocenters. The highest BCUT2D eigenvalue weighted by atomic mass is 16.5. The van der Waals surface area contributed by atoms with E-state index in [4.69, 9.17) is 14.2 Å². The maximum Gasteiger partial charge on any atom is 0.316 e. The van der Waals surface area contributed by atoms with Gasteiger partial charge in [0, 0.05) is 0 Å². The van der Waals surface area contributed by atoms with Crippen LogP contribution in [0.4, 0.5) is 0 Å². The smallest absolute Gasteiger partial charge is 0.316 e. The number of esters is 1. The van der Waals surface area contributed by atoms with Gasteiger partial charge in [0.1, 0.15) is 11.2 Å². The number of methoxy groups -OCH3 is 1. The molecule has 4 nitrogen and oxygen atoms in total. The van der Waals surface area contributed by atoms with Crippen molar-refractivity contribution in [3.63, 3.8) is 0 Å². The van der Waals surface area contributed by atoms with Crippen LogP contribution in [0.5, 0.6) is 5.75 Å². The minimum atomic E-state index is -0.506. The highest BCUT2D eigenvalue weighted by Crippen LogP contribution is 2.34. The Morgan fingerprint density at radius 3 is 2.63 bits per heavy atom. The molecule has 0 unspecified atom stereocenters. The molecule has 0 aromatic heterocycles. The fourth-order valence-corrected chi connectivity index (χ4v) is 2.39. The van der Waals surface area contributed by atoms with Crippen LogP contribution < -0.4 is 4.74 Å². The van der Waals surface area contributed by atoms with Crippen molar-refractivity contribution < 1.29 is 19.0 Å². The maximum atomic E-state index is 11.8. The van der Waals surface area contributed by atoms with Crippen molar-refractivity contribution in [3.05, 3.63) is 29.3 Å². The summed E-state index contributed by atoms with van der Waals surface area (Å²) in [6.45, 7) is 5.50. The number of carbonyl (C=O) groups excluding carboxylic acids is 1. The molecule has 1 saturated heterocycles. The lowest BCUT2D eigenvalue weighted by Crippen LogP contribution is -2.51. The molecule has 0 radical (unpaired) electrons. The van der Waals surface area contributed by atoms with Gasteiger partial charge in [-0.3, -0.25) is 4.79 Å². The van der Waals surface area contributed by atoms with Crippen LogP contribution in [0.15, 0.2) is 18.2 Å². The van der Waals surface area contributed by atoms with Gasteiger partial charge in [0.25, 0.3) is 0 Å². The monoisotopic (exact) mass is 264 g/mol. The molecule has 19 heavy (non-hydrogen) atoms. The van der Waals surface area contributed by atoms with Crippen molar-refractivity contribution in [1.82, 2.24) is 0 Å².